The van der Waals surface area contributed by atoms with Crippen LogP contribution in [0.3, 0.4) is 0 Å². The zero-order chi connectivity index (χ0) is 18.6. The van der Waals surface area contributed by atoms with Crippen LogP contribution < -0.4 is 4.74 Å². The number of hydrogen-bond acceptors (Lipinski definition) is 5. The summed E-state index contributed by atoms with van der Waals surface area (Å²) in [6.07, 6.45) is 8.51. The summed E-state index contributed by atoms with van der Waals surface area (Å²) >= 11 is 0. The number of benzene rings is 1. The molecule has 0 bridgehead atoms. The van der Waals surface area contributed by atoms with Crippen molar-refractivity contribution in [3.05, 3.63) is 72.3 Å². The summed E-state index contributed by atoms with van der Waals surface area (Å²) in [5, 5.41) is 0. The lowest BCUT2D eigenvalue weighted by molar-refractivity contribution is 0.0734. The molecule has 1 amide bonds. The number of likely N-dealkylation sites (tertiary alicyclic amines) is 1. The molecule has 3 aromatic rings. The van der Waals surface area contributed by atoms with Crippen LogP contribution in [0.4, 0.5) is 0 Å². The molecule has 1 fully saturated rings. The molecule has 3 heterocycles. The molecule has 0 aliphatic carbocycles. The molecule has 0 unspecified atom stereocenters. The van der Waals surface area contributed by atoms with Crippen molar-refractivity contribution >= 4 is 5.91 Å². The van der Waals surface area contributed by atoms with Crippen LogP contribution in [-0.2, 0) is 0 Å². The smallest absolute Gasteiger partial charge is 0.257 e. The van der Waals surface area contributed by atoms with Gasteiger partial charge in [0.2, 0.25) is 0 Å². The van der Waals surface area contributed by atoms with E-state index in [0.717, 1.165) is 36.3 Å². The second-order valence-corrected chi connectivity index (χ2v) is 6.47. The Bertz CT molecular complexity index is 928. The molecule has 0 saturated carbocycles. The highest BCUT2D eigenvalue weighted by molar-refractivity contribution is 5.94. The molecule has 1 aliphatic rings. The Kier molecular flexibility index (Phi) is 4.78. The van der Waals surface area contributed by atoms with Crippen molar-refractivity contribution in [2.75, 3.05) is 13.7 Å². The average molecular weight is 360 g/mol. The lowest BCUT2D eigenvalue weighted by Crippen LogP contribution is -2.30. The zero-order valence-electron chi connectivity index (χ0n) is 15.1. The van der Waals surface area contributed by atoms with Gasteiger partial charge in [-0.05, 0) is 42.7 Å². The van der Waals surface area contributed by atoms with Gasteiger partial charge >= 0.3 is 0 Å². The second kappa shape index (κ2) is 7.53. The number of pyridine rings is 1. The molecule has 27 heavy (non-hydrogen) atoms. The van der Waals surface area contributed by atoms with E-state index in [1.807, 2.05) is 41.3 Å². The number of nitrogens with zero attached hydrogens (tertiary/aromatic N) is 4. The summed E-state index contributed by atoms with van der Waals surface area (Å²) in [6, 6.07) is 11.7. The molecule has 4 rings (SSSR count). The van der Waals surface area contributed by atoms with Gasteiger partial charge in [0, 0.05) is 36.9 Å². The first-order valence-electron chi connectivity index (χ1n) is 8.93. The summed E-state index contributed by atoms with van der Waals surface area (Å²) in [7, 11) is 1.65. The monoisotopic (exact) mass is 360 g/mol. The van der Waals surface area contributed by atoms with Crippen LogP contribution in [0.25, 0.3) is 11.4 Å². The molecule has 0 spiro atoms. The highest BCUT2D eigenvalue weighted by Crippen LogP contribution is 2.34. The van der Waals surface area contributed by atoms with E-state index in [4.69, 9.17) is 4.74 Å². The fraction of sp³-hybridized carbons (Fsp3) is 0.238. The van der Waals surface area contributed by atoms with E-state index in [0.29, 0.717) is 11.4 Å². The van der Waals surface area contributed by atoms with Crippen molar-refractivity contribution in [2.24, 2.45) is 0 Å². The minimum absolute atomic E-state index is 0.0435. The van der Waals surface area contributed by atoms with Crippen molar-refractivity contribution in [1.29, 1.82) is 0 Å². The minimum atomic E-state index is -0.0435. The van der Waals surface area contributed by atoms with Gasteiger partial charge in [-0.25, -0.2) is 9.97 Å². The van der Waals surface area contributed by atoms with E-state index in [-0.39, 0.29) is 11.9 Å². The first-order chi connectivity index (χ1) is 13.3. The average Bonchev–Trinajstić information content (AvgIpc) is 3.24. The number of hydrogen-bond donors (Lipinski definition) is 0. The molecule has 0 N–H and O–H groups in total. The Labute approximate surface area is 157 Å². The van der Waals surface area contributed by atoms with Crippen molar-refractivity contribution in [3.8, 4) is 17.1 Å². The van der Waals surface area contributed by atoms with Crippen LogP contribution in [0.5, 0.6) is 5.75 Å². The third-order valence-electron chi connectivity index (χ3n) is 4.81. The highest BCUT2D eigenvalue weighted by atomic mass is 16.5. The predicted molar refractivity (Wildman–Crippen MR) is 101 cm³/mol. The largest absolute Gasteiger partial charge is 0.497 e. The number of carbonyl (C=O) groups excluding carboxylic acids is 1. The number of amides is 1. The zero-order valence-corrected chi connectivity index (χ0v) is 15.1. The molecule has 1 aliphatic heterocycles. The van der Waals surface area contributed by atoms with Gasteiger partial charge in [-0.2, -0.15) is 0 Å². The summed E-state index contributed by atoms with van der Waals surface area (Å²) < 4.78 is 5.32. The van der Waals surface area contributed by atoms with Gasteiger partial charge < -0.3 is 9.64 Å². The van der Waals surface area contributed by atoms with Crippen LogP contribution in [0.2, 0.25) is 0 Å². The molecule has 1 aromatic carbocycles. The molecule has 0 radical (unpaired) electrons. The van der Waals surface area contributed by atoms with Gasteiger partial charge in [0.1, 0.15) is 5.75 Å². The molecular formula is C21H20N4O2. The third kappa shape index (κ3) is 3.51. The summed E-state index contributed by atoms with van der Waals surface area (Å²) in [5.41, 5.74) is 2.41. The molecule has 1 saturated heterocycles. The molecule has 1 atom stereocenters. The predicted octanol–water partition coefficient (Wildman–Crippen LogP) is 3.52. The maximum absolute atomic E-state index is 13.0. The number of ether oxygens (including phenoxy) is 1. The van der Waals surface area contributed by atoms with E-state index in [9.17, 15) is 4.79 Å². The molecule has 136 valence electrons. The normalized spacial score (nSPS) is 16.3. The quantitative estimate of drug-likeness (QED) is 0.712. The first kappa shape index (κ1) is 17.1. The van der Waals surface area contributed by atoms with Crippen molar-refractivity contribution < 1.29 is 9.53 Å². The minimum Gasteiger partial charge on any atom is -0.497 e. The van der Waals surface area contributed by atoms with Crippen molar-refractivity contribution in [2.45, 2.75) is 18.9 Å². The van der Waals surface area contributed by atoms with E-state index >= 15 is 0 Å². The Morgan fingerprint density at radius 1 is 1.15 bits per heavy atom. The lowest BCUT2D eigenvalue weighted by atomic mass is 10.0. The van der Waals surface area contributed by atoms with Gasteiger partial charge in [0.15, 0.2) is 5.82 Å². The van der Waals surface area contributed by atoms with Crippen LogP contribution >= 0.6 is 0 Å². The maximum atomic E-state index is 13.0. The van der Waals surface area contributed by atoms with E-state index < -0.39 is 0 Å². The van der Waals surface area contributed by atoms with E-state index in [1.54, 1.807) is 31.9 Å². The second-order valence-electron chi connectivity index (χ2n) is 6.47. The third-order valence-corrected chi connectivity index (χ3v) is 4.81. The van der Waals surface area contributed by atoms with Crippen LogP contribution in [-0.4, -0.2) is 39.4 Å². The number of carbonyl (C=O) groups is 1. The van der Waals surface area contributed by atoms with Gasteiger partial charge in [-0.1, -0.05) is 12.1 Å². The van der Waals surface area contributed by atoms with Gasteiger partial charge in [-0.15, -0.1) is 0 Å². The molecular weight excluding hydrogens is 340 g/mol. The maximum Gasteiger partial charge on any atom is 0.257 e. The van der Waals surface area contributed by atoms with Gasteiger partial charge in [0.25, 0.3) is 5.91 Å². The fourth-order valence-electron chi connectivity index (χ4n) is 3.45. The Hall–Kier alpha value is -3.28. The van der Waals surface area contributed by atoms with Crippen molar-refractivity contribution in [3.63, 3.8) is 0 Å². The summed E-state index contributed by atoms with van der Waals surface area (Å²) in [5.74, 6) is 1.32. The van der Waals surface area contributed by atoms with E-state index in [2.05, 4.69) is 15.0 Å². The molecule has 6 nitrogen and oxygen atoms in total. The first-order valence-corrected chi connectivity index (χ1v) is 8.93. The Morgan fingerprint density at radius 2 is 2.00 bits per heavy atom. The Morgan fingerprint density at radius 3 is 2.74 bits per heavy atom. The summed E-state index contributed by atoms with van der Waals surface area (Å²) in [6.45, 7) is 0.727. The summed E-state index contributed by atoms with van der Waals surface area (Å²) in [4.78, 5) is 27.7. The molecule has 6 heteroatoms. The molecule has 2 aromatic heterocycles. The highest BCUT2D eigenvalue weighted by Gasteiger charge is 2.31. The van der Waals surface area contributed by atoms with Crippen molar-refractivity contribution in [1.82, 2.24) is 19.9 Å². The van der Waals surface area contributed by atoms with Gasteiger partial charge in [-0.3, -0.25) is 9.78 Å². The number of methoxy groups -OCH3 is 1. The topological polar surface area (TPSA) is 68.2 Å². The van der Waals surface area contributed by atoms with Crippen LogP contribution in [0.1, 0.15) is 34.8 Å². The number of rotatable bonds is 4. The van der Waals surface area contributed by atoms with Crippen LogP contribution in [0, 0.1) is 0 Å². The lowest BCUT2D eigenvalue weighted by Gasteiger charge is -2.25. The fourth-order valence-corrected chi connectivity index (χ4v) is 3.45. The van der Waals surface area contributed by atoms with E-state index in [1.165, 1.54) is 0 Å². The standard InChI is InChI=1S/C21H20N4O2/c1-27-18-7-2-5-15(11-18)19-8-4-10-25(19)21(26)17-13-23-20(24-14-17)16-6-3-9-22-12-16/h2-3,5-7,9,11-14,19H,4,8,10H2,1H3/t19-/m1/s1. The Balaban J connectivity index is 1.56. The number of aromatic nitrogens is 3. The van der Waals surface area contributed by atoms with Crippen LogP contribution in [0.15, 0.2) is 61.2 Å². The van der Waals surface area contributed by atoms with Gasteiger partial charge in [0.05, 0.1) is 18.7 Å². The SMILES string of the molecule is COc1cccc([C@H]2CCCN2C(=O)c2cnc(-c3cccnc3)nc2)c1.